The van der Waals surface area contributed by atoms with Crippen molar-refractivity contribution in [3.05, 3.63) is 22.4 Å². The molecule has 0 saturated carbocycles. The number of rotatable bonds is 6. The molecule has 1 amide bonds. The molecule has 0 unspecified atom stereocenters. The van der Waals surface area contributed by atoms with E-state index in [9.17, 15) is 18.0 Å². The van der Waals surface area contributed by atoms with Crippen LogP contribution in [0.1, 0.15) is 31.6 Å². The predicted octanol–water partition coefficient (Wildman–Crippen LogP) is 1.50. The maximum absolute atomic E-state index is 12.1. The molecule has 0 saturated heterocycles. The summed E-state index contributed by atoms with van der Waals surface area (Å²) in [7, 11) is -2.76. The average Bonchev–Trinajstić information content (AvgIpc) is 2.97. The van der Waals surface area contributed by atoms with Crippen LogP contribution in [0.5, 0.6) is 0 Å². The topological polar surface area (TPSA) is 89.5 Å². The predicted molar refractivity (Wildman–Crippen MR) is 80.4 cm³/mol. The monoisotopic (exact) mass is 333 g/mol. The Morgan fingerprint density at radius 2 is 1.90 bits per heavy atom. The lowest BCUT2D eigenvalue weighted by molar-refractivity contribution is -0.144. The zero-order valence-electron chi connectivity index (χ0n) is 12.3. The molecule has 0 aliphatic heterocycles. The van der Waals surface area contributed by atoms with E-state index in [1.165, 1.54) is 32.3 Å². The number of methoxy groups -OCH3 is 1. The van der Waals surface area contributed by atoms with Gasteiger partial charge in [0.15, 0.2) is 0 Å². The number of carbonyl (C=O) groups is 2. The van der Waals surface area contributed by atoms with Crippen molar-refractivity contribution in [3.8, 4) is 0 Å². The maximum Gasteiger partial charge on any atom is 0.309 e. The van der Waals surface area contributed by atoms with E-state index in [1.807, 2.05) is 10.1 Å². The summed E-state index contributed by atoms with van der Waals surface area (Å²) in [6.07, 6.45) is 0. The zero-order chi connectivity index (χ0) is 16.2. The molecule has 0 aliphatic carbocycles. The molecule has 1 aromatic heterocycles. The Kier molecular flexibility index (Phi) is 5.91. The fraction of sp³-hybridized carbons (Fsp3) is 0.538. The van der Waals surface area contributed by atoms with Gasteiger partial charge in [-0.1, -0.05) is 13.0 Å². The van der Waals surface area contributed by atoms with Crippen molar-refractivity contribution in [3.63, 3.8) is 0 Å². The minimum absolute atomic E-state index is 0.569. The van der Waals surface area contributed by atoms with Crippen LogP contribution < -0.4 is 4.72 Å². The van der Waals surface area contributed by atoms with Crippen LogP contribution in [-0.2, 0) is 24.3 Å². The molecule has 1 heterocycles. The van der Waals surface area contributed by atoms with Gasteiger partial charge >= 0.3 is 5.97 Å². The highest BCUT2D eigenvalue weighted by molar-refractivity contribution is 7.90. The van der Waals surface area contributed by atoms with E-state index in [0.29, 0.717) is 0 Å². The van der Waals surface area contributed by atoms with Crippen LogP contribution in [0.15, 0.2) is 17.5 Å². The summed E-state index contributed by atoms with van der Waals surface area (Å²) in [5, 5.41) is 0.750. The van der Waals surface area contributed by atoms with Crippen molar-refractivity contribution < 1.29 is 22.7 Å². The summed E-state index contributed by atoms with van der Waals surface area (Å²) < 4.78 is 30.8. The molecule has 1 aromatic rings. The average molecular weight is 333 g/mol. The first-order chi connectivity index (χ1) is 9.70. The van der Waals surface area contributed by atoms with Gasteiger partial charge in [-0.15, -0.1) is 11.3 Å². The van der Waals surface area contributed by atoms with Crippen molar-refractivity contribution >= 4 is 33.2 Å². The molecule has 0 radical (unpaired) electrons. The third-order valence-electron chi connectivity index (χ3n) is 3.37. The van der Waals surface area contributed by atoms with Gasteiger partial charge < -0.3 is 4.74 Å². The third kappa shape index (κ3) is 4.28. The largest absolute Gasteiger partial charge is 0.469 e. The Balaban J connectivity index is 2.80. The van der Waals surface area contributed by atoms with E-state index in [-0.39, 0.29) is 0 Å². The van der Waals surface area contributed by atoms with Gasteiger partial charge in [-0.2, -0.15) is 0 Å². The van der Waals surface area contributed by atoms with E-state index in [4.69, 9.17) is 0 Å². The van der Waals surface area contributed by atoms with Crippen molar-refractivity contribution in [2.24, 2.45) is 5.92 Å². The second-order valence-corrected chi connectivity index (χ2v) is 7.78. The van der Waals surface area contributed by atoms with Crippen LogP contribution in [0.2, 0.25) is 0 Å². The van der Waals surface area contributed by atoms with Crippen molar-refractivity contribution in [1.82, 2.24) is 4.72 Å². The van der Waals surface area contributed by atoms with E-state index in [2.05, 4.69) is 4.74 Å². The second-order valence-electron chi connectivity index (χ2n) is 4.77. The molecule has 3 atom stereocenters. The Hall–Kier alpha value is -1.41. The highest BCUT2D eigenvalue weighted by Gasteiger charge is 2.34. The summed E-state index contributed by atoms with van der Waals surface area (Å²) in [6.45, 7) is 4.45. The number of amides is 1. The molecule has 8 heteroatoms. The van der Waals surface area contributed by atoms with E-state index in [1.54, 1.807) is 19.1 Å². The van der Waals surface area contributed by atoms with Gasteiger partial charge in [-0.05, 0) is 25.3 Å². The Labute approximate surface area is 128 Å². The quantitative estimate of drug-likeness (QED) is 0.797. The molecule has 0 fully saturated rings. The Bertz CT molecular complexity index is 594. The molecule has 21 heavy (non-hydrogen) atoms. The SMILES string of the molecule is COC(=O)[C@H](C)[C@@H](C)S(=O)(=O)NC(=O)[C@@H](C)c1cccs1. The molecule has 6 nitrogen and oxygen atoms in total. The number of esters is 1. The Morgan fingerprint density at radius 3 is 2.38 bits per heavy atom. The van der Waals surface area contributed by atoms with E-state index >= 15 is 0 Å². The van der Waals surface area contributed by atoms with Gasteiger partial charge in [0.25, 0.3) is 0 Å². The number of carbonyl (C=O) groups excluding carboxylic acids is 2. The van der Waals surface area contributed by atoms with Crippen LogP contribution in [0.3, 0.4) is 0 Å². The van der Waals surface area contributed by atoms with Gasteiger partial charge in [0.2, 0.25) is 15.9 Å². The molecule has 0 aromatic carbocycles. The molecule has 0 aliphatic rings. The summed E-state index contributed by atoms with van der Waals surface area (Å²) in [5.74, 6) is -2.68. The number of thiophene rings is 1. The molecule has 1 rings (SSSR count). The number of sulfonamides is 1. The van der Waals surface area contributed by atoms with Crippen molar-refractivity contribution in [2.75, 3.05) is 7.11 Å². The lowest BCUT2D eigenvalue weighted by atomic mass is 10.1. The van der Waals surface area contributed by atoms with Gasteiger partial charge in [0, 0.05) is 4.88 Å². The summed E-state index contributed by atoms with van der Waals surface area (Å²) >= 11 is 1.38. The highest BCUT2D eigenvalue weighted by Crippen LogP contribution is 2.21. The summed E-state index contributed by atoms with van der Waals surface area (Å²) in [4.78, 5) is 24.2. The minimum atomic E-state index is -3.95. The summed E-state index contributed by atoms with van der Waals surface area (Å²) in [6, 6.07) is 3.56. The summed E-state index contributed by atoms with van der Waals surface area (Å²) in [5.41, 5.74) is 0. The smallest absolute Gasteiger partial charge is 0.309 e. The Morgan fingerprint density at radius 1 is 1.29 bits per heavy atom. The highest BCUT2D eigenvalue weighted by atomic mass is 32.2. The van der Waals surface area contributed by atoms with Gasteiger partial charge in [0.1, 0.15) is 0 Å². The number of hydrogen-bond acceptors (Lipinski definition) is 6. The number of hydrogen-bond donors (Lipinski definition) is 1. The number of ether oxygens (including phenoxy) is 1. The van der Waals surface area contributed by atoms with Gasteiger partial charge in [-0.25, -0.2) is 8.42 Å². The van der Waals surface area contributed by atoms with Crippen LogP contribution in [0.4, 0.5) is 0 Å². The lowest BCUT2D eigenvalue weighted by Crippen LogP contribution is -2.43. The van der Waals surface area contributed by atoms with Gasteiger partial charge in [0.05, 0.1) is 24.2 Å². The molecule has 1 N–H and O–H groups in total. The first kappa shape index (κ1) is 17.6. The van der Waals surface area contributed by atoms with Crippen LogP contribution in [0.25, 0.3) is 0 Å². The van der Waals surface area contributed by atoms with Crippen LogP contribution in [0, 0.1) is 5.92 Å². The lowest BCUT2D eigenvalue weighted by Gasteiger charge is -2.19. The van der Waals surface area contributed by atoms with E-state index < -0.39 is 39.0 Å². The fourth-order valence-corrected chi connectivity index (χ4v) is 3.71. The van der Waals surface area contributed by atoms with Crippen LogP contribution >= 0.6 is 11.3 Å². The number of nitrogens with one attached hydrogen (secondary N) is 1. The van der Waals surface area contributed by atoms with Crippen LogP contribution in [-0.4, -0.2) is 32.7 Å². The maximum atomic E-state index is 12.1. The normalized spacial score (nSPS) is 15.8. The first-order valence-electron chi connectivity index (χ1n) is 6.37. The zero-order valence-corrected chi connectivity index (χ0v) is 14.0. The molecule has 0 spiro atoms. The molecular formula is C13H19NO5S2. The third-order valence-corrected chi connectivity index (χ3v) is 6.30. The first-order valence-corrected chi connectivity index (χ1v) is 8.80. The van der Waals surface area contributed by atoms with E-state index in [0.717, 1.165) is 4.88 Å². The van der Waals surface area contributed by atoms with Gasteiger partial charge in [-0.3, -0.25) is 14.3 Å². The minimum Gasteiger partial charge on any atom is -0.469 e. The second kappa shape index (κ2) is 7.04. The molecular weight excluding hydrogens is 314 g/mol. The molecule has 0 bridgehead atoms. The van der Waals surface area contributed by atoms with Crippen molar-refractivity contribution in [2.45, 2.75) is 31.9 Å². The van der Waals surface area contributed by atoms with Crippen molar-refractivity contribution in [1.29, 1.82) is 0 Å². The standard InChI is InChI=1S/C13H19NO5S2/c1-8(13(16)19-4)10(3)21(17,18)14-12(15)9(2)11-6-5-7-20-11/h5-10H,1-4H3,(H,14,15)/t8-,9+,10-/m1/s1. The molecule has 118 valence electrons. The fourth-order valence-electron chi connectivity index (χ4n) is 1.63.